The summed E-state index contributed by atoms with van der Waals surface area (Å²) in [4.78, 5) is 39.3. The highest BCUT2D eigenvalue weighted by Gasteiger charge is 2.38. The number of halogens is 9. The Morgan fingerprint density at radius 3 is 2.33 bits per heavy atom. The molecule has 0 saturated carbocycles. The molecular weight excluding hydrogens is 604 g/mol. The molecule has 0 aromatic heterocycles. The molecule has 3 aromatic carbocycles. The van der Waals surface area contributed by atoms with Crippen LogP contribution in [0.15, 0.2) is 42.5 Å². The molecule has 1 aliphatic rings. The molecule has 16 heteroatoms. The lowest BCUT2D eigenvalue weighted by Crippen LogP contribution is -2.43. The van der Waals surface area contributed by atoms with Crippen LogP contribution in [0.2, 0.25) is 5.02 Å². The van der Waals surface area contributed by atoms with E-state index in [9.17, 15) is 54.8 Å². The Balaban J connectivity index is 1.96. The maximum atomic E-state index is 14.0. The molecule has 0 unspecified atom stereocenters. The molecule has 0 radical (unpaired) electrons. The minimum Gasteiger partial charge on any atom is -0.351 e. The number of rotatable bonds is 5. The number of amides is 2. The molecule has 218 valence electrons. The van der Waals surface area contributed by atoms with E-state index in [0.29, 0.717) is 17.0 Å². The van der Waals surface area contributed by atoms with Crippen molar-refractivity contribution in [2.24, 2.45) is 0 Å². The second kappa shape index (κ2) is 10.9. The fraction of sp³-hybridized carbons (Fsp3) is 0.154. The van der Waals surface area contributed by atoms with Gasteiger partial charge in [-0.15, -0.1) is 0 Å². The molecule has 42 heavy (non-hydrogen) atoms. The molecule has 0 aliphatic carbocycles. The predicted octanol–water partition coefficient (Wildman–Crippen LogP) is 6.31. The average Bonchev–Trinajstić information content (AvgIpc) is 2.87. The third-order valence-electron chi connectivity index (χ3n) is 5.86. The molecule has 0 atom stereocenters. The number of alkyl halides is 6. The molecule has 7 nitrogen and oxygen atoms in total. The summed E-state index contributed by atoms with van der Waals surface area (Å²) in [6.07, 6.45) is -9.94. The zero-order valence-corrected chi connectivity index (χ0v) is 21.2. The molecule has 0 saturated heterocycles. The van der Waals surface area contributed by atoms with E-state index in [-0.39, 0.29) is 17.2 Å². The van der Waals surface area contributed by atoms with Crippen molar-refractivity contribution in [3.63, 3.8) is 0 Å². The Morgan fingerprint density at radius 2 is 1.71 bits per heavy atom. The van der Waals surface area contributed by atoms with Gasteiger partial charge in [-0.2, -0.15) is 31.6 Å². The SMILES string of the molecule is N#Cc1c2c(cc(NC(=O)c3cc(F)cc(C(F)(F)F)c3)c1C(=O)c1cc(F)ccc1Cl)N(CC(F)(F)F)CC(=O)N2. The van der Waals surface area contributed by atoms with Gasteiger partial charge in [0.2, 0.25) is 5.91 Å². The van der Waals surface area contributed by atoms with E-state index < -0.39 is 99.6 Å². The van der Waals surface area contributed by atoms with Crippen LogP contribution >= 0.6 is 11.6 Å². The number of nitrogens with zero attached hydrogens (tertiary/aromatic N) is 2. The van der Waals surface area contributed by atoms with Gasteiger partial charge in [0.05, 0.1) is 45.3 Å². The highest BCUT2D eigenvalue weighted by atomic mass is 35.5. The molecule has 2 N–H and O–H groups in total. The highest BCUT2D eigenvalue weighted by Crippen LogP contribution is 2.42. The van der Waals surface area contributed by atoms with Crippen LogP contribution in [0, 0.1) is 23.0 Å². The monoisotopic (exact) mass is 616 g/mol. The minimum absolute atomic E-state index is 0.113. The van der Waals surface area contributed by atoms with Crippen LogP contribution in [0.4, 0.5) is 52.2 Å². The van der Waals surface area contributed by atoms with E-state index in [1.807, 2.05) is 5.32 Å². The lowest BCUT2D eigenvalue weighted by molar-refractivity contribution is -0.137. The van der Waals surface area contributed by atoms with Crippen LogP contribution in [0.25, 0.3) is 0 Å². The Bertz CT molecular complexity index is 1680. The summed E-state index contributed by atoms with van der Waals surface area (Å²) >= 11 is 6.02. The fourth-order valence-corrected chi connectivity index (χ4v) is 4.37. The summed E-state index contributed by atoms with van der Waals surface area (Å²) < 4.78 is 108. The standard InChI is InChI=1S/C26H13ClF8N4O3/c27-17-2-1-13(28)6-15(17)23(41)21-16(8-36)22-19(39(9-20(40)38-22)10-25(30,31)32)7-18(21)37-24(42)11-3-12(26(33,34)35)5-14(29)4-11/h1-7H,9-10H2,(H,37,42)(H,38,40). The number of hydrogen-bond donors (Lipinski definition) is 2. The molecule has 0 fully saturated rings. The lowest BCUT2D eigenvalue weighted by atomic mass is 9.93. The number of carbonyl (C=O) groups is 3. The van der Waals surface area contributed by atoms with Gasteiger partial charge < -0.3 is 15.5 Å². The third kappa shape index (κ3) is 6.28. The lowest BCUT2D eigenvalue weighted by Gasteiger charge is -2.33. The number of anilines is 3. The highest BCUT2D eigenvalue weighted by molar-refractivity contribution is 6.35. The van der Waals surface area contributed by atoms with Crippen LogP contribution in [0.1, 0.15) is 37.4 Å². The zero-order valence-electron chi connectivity index (χ0n) is 20.5. The molecule has 1 heterocycles. The van der Waals surface area contributed by atoms with Crippen molar-refractivity contribution in [1.29, 1.82) is 5.26 Å². The predicted molar refractivity (Wildman–Crippen MR) is 132 cm³/mol. The number of benzene rings is 3. The third-order valence-corrected chi connectivity index (χ3v) is 6.19. The van der Waals surface area contributed by atoms with Crippen molar-refractivity contribution in [3.8, 4) is 6.07 Å². The van der Waals surface area contributed by atoms with E-state index in [1.165, 1.54) is 0 Å². The molecule has 1 aliphatic heterocycles. The minimum atomic E-state index is -5.07. The van der Waals surface area contributed by atoms with Crippen LogP contribution in [0.5, 0.6) is 0 Å². The summed E-state index contributed by atoms with van der Waals surface area (Å²) in [5, 5.41) is 13.8. The number of fused-ring (bicyclic) bond motifs is 1. The molecule has 0 bridgehead atoms. The normalized spacial score (nSPS) is 13.2. The van der Waals surface area contributed by atoms with Crippen molar-refractivity contribution in [2.75, 3.05) is 28.6 Å². The smallest absolute Gasteiger partial charge is 0.351 e. The van der Waals surface area contributed by atoms with Crippen molar-refractivity contribution < 1.29 is 49.5 Å². The summed E-state index contributed by atoms with van der Waals surface area (Å²) in [5.74, 6) is -6.12. The first kappa shape index (κ1) is 30.3. The Hall–Kier alpha value is -4.71. The molecule has 2 amide bonds. The van der Waals surface area contributed by atoms with Gasteiger partial charge in [-0.25, -0.2) is 8.78 Å². The van der Waals surface area contributed by atoms with Gasteiger partial charge in [-0.05, 0) is 42.5 Å². The largest absolute Gasteiger partial charge is 0.416 e. The van der Waals surface area contributed by atoms with Crippen LogP contribution < -0.4 is 15.5 Å². The van der Waals surface area contributed by atoms with Gasteiger partial charge in [0.25, 0.3) is 5.91 Å². The summed E-state index contributed by atoms with van der Waals surface area (Å²) in [6.45, 7) is -2.58. The summed E-state index contributed by atoms with van der Waals surface area (Å²) in [6, 6.07) is 5.67. The maximum absolute atomic E-state index is 14.0. The Kier molecular flexibility index (Phi) is 7.88. The van der Waals surface area contributed by atoms with Crippen LogP contribution in [0.3, 0.4) is 0 Å². The second-order valence-electron chi connectivity index (χ2n) is 8.83. The first-order chi connectivity index (χ1) is 19.5. The van der Waals surface area contributed by atoms with Crippen molar-refractivity contribution in [2.45, 2.75) is 12.4 Å². The van der Waals surface area contributed by atoms with Gasteiger partial charge in [-0.3, -0.25) is 14.4 Å². The molecular formula is C26H13ClF8N4O3. The van der Waals surface area contributed by atoms with Crippen LogP contribution in [-0.4, -0.2) is 36.9 Å². The quantitative estimate of drug-likeness (QED) is 0.258. The Morgan fingerprint density at radius 1 is 1.02 bits per heavy atom. The van der Waals surface area contributed by atoms with E-state index >= 15 is 0 Å². The second-order valence-corrected chi connectivity index (χ2v) is 9.24. The first-order valence-electron chi connectivity index (χ1n) is 11.4. The number of ketones is 1. The molecule has 3 aromatic rings. The zero-order chi connectivity index (χ0) is 31.1. The fourth-order valence-electron chi connectivity index (χ4n) is 4.17. The van der Waals surface area contributed by atoms with Gasteiger partial charge in [0, 0.05) is 11.1 Å². The van der Waals surface area contributed by atoms with Gasteiger partial charge in [0.1, 0.15) is 24.2 Å². The van der Waals surface area contributed by atoms with Crippen molar-refractivity contribution in [3.05, 3.63) is 86.9 Å². The van der Waals surface area contributed by atoms with Crippen molar-refractivity contribution in [1.82, 2.24) is 0 Å². The number of nitriles is 1. The summed E-state index contributed by atoms with van der Waals surface area (Å²) in [5.41, 5.74) is -6.35. The van der Waals surface area contributed by atoms with Gasteiger partial charge in [0.15, 0.2) is 5.78 Å². The van der Waals surface area contributed by atoms with E-state index in [0.717, 1.165) is 18.2 Å². The van der Waals surface area contributed by atoms with Gasteiger partial charge in [-0.1, -0.05) is 11.6 Å². The van der Waals surface area contributed by atoms with E-state index in [4.69, 9.17) is 11.6 Å². The number of hydrogen-bond acceptors (Lipinski definition) is 5. The number of nitrogens with one attached hydrogen (secondary N) is 2. The van der Waals surface area contributed by atoms with E-state index in [1.54, 1.807) is 6.07 Å². The number of carbonyl (C=O) groups excluding carboxylic acids is 3. The average molecular weight is 617 g/mol. The summed E-state index contributed by atoms with van der Waals surface area (Å²) in [7, 11) is 0. The first-order valence-corrected chi connectivity index (χ1v) is 11.8. The van der Waals surface area contributed by atoms with Gasteiger partial charge >= 0.3 is 12.4 Å². The maximum Gasteiger partial charge on any atom is 0.416 e. The Labute approximate surface area is 235 Å². The van der Waals surface area contributed by atoms with Crippen LogP contribution in [-0.2, 0) is 11.0 Å². The molecule has 4 rings (SSSR count). The van der Waals surface area contributed by atoms with E-state index in [2.05, 4.69) is 5.32 Å². The van der Waals surface area contributed by atoms with Crippen molar-refractivity contribution >= 4 is 46.3 Å². The molecule has 0 spiro atoms. The topological polar surface area (TPSA) is 102 Å².